The van der Waals surface area contributed by atoms with Crippen molar-refractivity contribution in [3.63, 3.8) is 0 Å². The molecule has 2 aromatic carbocycles. The Morgan fingerprint density at radius 2 is 1.83 bits per heavy atom. The van der Waals surface area contributed by atoms with E-state index >= 15 is 0 Å². The topological polar surface area (TPSA) is 103 Å². The van der Waals surface area contributed by atoms with Gasteiger partial charge in [-0.3, -0.25) is 9.59 Å². The first-order valence-electron chi connectivity index (χ1n) is 8.63. The van der Waals surface area contributed by atoms with Crippen LogP contribution in [0.5, 0.6) is 0 Å². The number of primary amides is 1. The van der Waals surface area contributed by atoms with Crippen molar-refractivity contribution < 1.29 is 14.0 Å². The fourth-order valence-corrected chi connectivity index (χ4v) is 2.98. The molecule has 0 radical (unpaired) electrons. The van der Waals surface area contributed by atoms with Gasteiger partial charge in [-0.05, 0) is 42.5 Å². The van der Waals surface area contributed by atoms with Gasteiger partial charge in [0.05, 0.1) is 22.7 Å². The Labute approximate surface area is 170 Å². The summed E-state index contributed by atoms with van der Waals surface area (Å²) >= 11 is 6.17. The number of halogens is 1. The zero-order valence-electron chi connectivity index (χ0n) is 15.0. The fraction of sp³-hybridized carbons (Fsp3) is 0. The third-order valence-electron chi connectivity index (χ3n) is 4.22. The summed E-state index contributed by atoms with van der Waals surface area (Å²) in [7, 11) is 0. The van der Waals surface area contributed by atoms with E-state index in [1.165, 1.54) is 29.1 Å². The predicted octanol–water partition coefficient (Wildman–Crippen LogP) is 4.14. The van der Waals surface area contributed by atoms with Crippen LogP contribution in [0.2, 0.25) is 5.02 Å². The van der Waals surface area contributed by atoms with E-state index in [0.29, 0.717) is 17.1 Å². The molecule has 0 bridgehead atoms. The van der Waals surface area contributed by atoms with Crippen molar-refractivity contribution >= 4 is 29.1 Å². The summed E-state index contributed by atoms with van der Waals surface area (Å²) in [4.78, 5) is 24.5. The van der Waals surface area contributed by atoms with E-state index in [2.05, 4.69) is 10.4 Å². The number of benzene rings is 2. The second kappa shape index (κ2) is 7.65. The van der Waals surface area contributed by atoms with Crippen LogP contribution < -0.4 is 11.1 Å². The fourth-order valence-electron chi connectivity index (χ4n) is 2.81. The summed E-state index contributed by atoms with van der Waals surface area (Å²) < 4.78 is 6.92. The van der Waals surface area contributed by atoms with Gasteiger partial charge in [-0.1, -0.05) is 29.8 Å². The molecule has 29 heavy (non-hydrogen) atoms. The third-order valence-corrected chi connectivity index (χ3v) is 4.55. The molecule has 0 aliphatic rings. The number of hydrogen-bond donors (Lipinski definition) is 2. The maximum atomic E-state index is 13.0. The van der Waals surface area contributed by atoms with E-state index in [0.717, 1.165) is 0 Å². The van der Waals surface area contributed by atoms with Crippen LogP contribution in [-0.4, -0.2) is 21.6 Å². The van der Waals surface area contributed by atoms with Crippen LogP contribution in [0.1, 0.15) is 20.8 Å². The van der Waals surface area contributed by atoms with Crippen LogP contribution in [0.4, 0.5) is 5.69 Å². The Kier molecular flexibility index (Phi) is 4.88. The average molecular weight is 407 g/mol. The molecule has 7 nitrogen and oxygen atoms in total. The van der Waals surface area contributed by atoms with E-state index in [9.17, 15) is 9.59 Å². The highest BCUT2D eigenvalue weighted by atomic mass is 35.5. The Morgan fingerprint density at radius 1 is 1.03 bits per heavy atom. The minimum absolute atomic E-state index is 0.234. The number of nitrogens with one attached hydrogen (secondary N) is 1. The van der Waals surface area contributed by atoms with Crippen LogP contribution in [0.15, 0.2) is 77.4 Å². The number of amides is 2. The summed E-state index contributed by atoms with van der Waals surface area (Å²) in [5.41, 5.74) is 7.29. The lowest BCUT2D eigenvalue weighted by Crippen LogP contribution is -2.18. The van der Waals surface area contributed by atoms with E-state index in [4.69, 9.17) is 21.8 Å². The molecule has 0 atom stereocenters. The predicted molar refractivity (Wildman–Crippen MR) is 109 cm³/mol. The first kappa shape index (κ1) is 18.5. The maximum absolute atomic E-state index is 13.0. The van der Waals surface area contributed by atoms with Gasteiger partial charge in [-0.25, -0.2) is 4.68 Å². The quantitative estimate of drug-likeness (QED) is 0.519. The summed E-state index contributed by atoms with van der Waals surface area (Å²) in [5.74, 6) is -0.545. The molecule has 2 amide bonds. The van der Waals surface area contributed by atoms with Gasteiger partial charge in [0, 0.05) is 11.6 Å². The summed E-state index contributed by atoms with van der Waals surface area (Å²) in [6, 6.07) is 18.8. The number of hydrogen-bond acceptors (Lipinski definition) is 4. The molecule has 8 heteroatoms. The molecule has 0 unspecified atom stereocenters. The van der Waals surface area contributed by atoms with Crippen molar-refractivity contribution in [3.8, 4) is 17.1 Å². The number of aromatic nitrogens is 2. The van der Waals surface area contributed by atoms with Gasteiger partial charge in [0.15, 0.2) is 5.76 Å². The van der Waals surface area contributed by atoms with Gasteiger partial charge in [-0.15, -0.1) is 0 Å². The van der Waals surface area contributed by atoms with Crippen LogP contribution in [0, 0.1) is 0 Å². The molecule has 0 spiro atoms. The van der Waals surface area contributed by atoms with E-state index in [1.54, 1.807) is 18.2 Å². The number of carbonyl (C=O) groups excluding carboxylic acids is 2. The Balaban J connectivity index is 1.75. The Bertz CT molecular complexity index is 1180. The molecule has 2 heterocycles. The largest absolute Gasteiger partial charge is 0.463 e. The van der Waals surface area contributed by atoms with Gasteiger partial charge < -0.3 is 15.5 Å². The molecule has 0 aliphatic heterocycles. The van der Waals surface area contributed by atoms with Crippen molar-refractivity contribution in [1.29, 1.82) is 0 Å². The molecule has 0 saturated carbocycles. The normalized spacial score (nSPS) is 10.7. The first-order valence-corrected chi connectivity index (χ1v) is 9.01. The van der Waals surface area contributed by atoms with Crippen molar-refractivity contribution in [2.24, 2.45) is 5.73 Å². The smallest absolute Gasteiger partial charge is 0.274 e. The highest BCUT2D eigenvalue weighted by Crippen LogP contribution is 2.26. The Morgan fingerprint density at radius 3 is 2.52 bits per heavy atom. The molecule has 0 fully saturated rings. The lowest BCUT2D eigenvalue weighted by molar-refractivity contribution is 0.0995. The van der Waals surface area contributed by atoms with Crippen molar-refractivity contribution in [1.82, 2.24) is 9.78 Å². The van der Waals surface area contributed by atoms with E-state index in [1.807, 2.05) is 30.3 Å². The van der Waals surface area contributed by atoms with Gasteiger partial charge >= 0.3 is 0 Å². The highest BCUT2D eigenvalue weighted by Gasteiger charge is 2.20. The van der Waals surface area contributed by atoms with Gasteiger partial charge in [0.25, 0.3) is 5.91 Å². The zero-order valence-corrected chi connectivity index (χ0v) is 15.8. The van der Waals surface area contributed by atoms with Gasteiger partial charge in [-0.2, -0.15) is 5.10 Å². The molecule has 3 N–H and O–H groups in total. The van der Waals surface area contributed by atoms with Crippen LogP contribution in [0.25, 0.3) is 17.1 Å². The number of rotatable bonds is 5. The molecule has 0 aliphatic carbocycles. The second-order valence-electron chi connectivity index (χ2n) is 6.15. The Hall–Kier alpha value is -3.84. The minimum atomic E-state index is -0.619. The number of furan rings is 1. The van der Waals surface area contributed by atoms with E-state index in [-0.39, 0.29) is 22.0 Å². The molecule has 2 aromatic heterocycles. The van der Waals surface area contributed by atoms with Crippen molar-refractivity contribution in [2.75, 3.05) is 5.32 Å². The molecular formula is C21H15ClN4O3. The van der Waals surface area contributed by atoms with Crippen LogP contribution in [0.3, 0.4) is 0 Å². The minimum Gasteiger partial charge on any atom is -0.463 e. The lowest BCUT2D eigenvalue weighted by atomic mass is 10.2. The molecule has 4 rings (SSSR count). The summed E-state index contributed by atoms with van der Waals surface area (Å²) in [5, 5.41) is 7.51. The number of nitrogens with two attached hydrogens (primary N) is 1. The van der Waals surface area contributed by atoms with Gasteiger partial charge in [0.1, 0.15) is 11.4 Å². The number of nitrogens with zero attached hydrogens (tertiary/aromatic N) is 2. The third kappa shape index (κ3) is 3.76. The number of anilines is 1. The standard InChI is InChI=1S/C21H15ClN4O3/c22-15-9-8-13(20(23)27)11-16(15)24-21(28)18-12-17(19-7-4-10-29-19)25-26(18)14-5-2-1-3-6-14/h1-12H,(H2,23,27)(H,24,28). The molecule has 4 aromatic rings. The van der Waals surface area contributed by atoms with E-state index < -0.39 is 11.8 Å². The lowest BCUT2D eigenvalue weighted by Gasteiger charge is -2.10. The average Bonchev–Trinajstić information content (AvgIpc) is 3.40. The summed E-state index contributed by atoms with van der Waals surface area (Å²) in [6.07, 6.45) is 1.53. The molecular weight excluding hydrogens is 392 g/mol. The van der Waals surface area contributed by atoms with Crippen LogP contribution in [-0.2, 0) is 0 Å². The van der Waals surface area contributed by atoms with Crippen molar-refractivity contribution in [2.45, 2.75) is 0 Å². The maximum Gasteiger partial charge on any atom is 0.274 e. The first-order chi connectivity index (χ1) is 14.0. The summed E-state index contributed by atoms with van der Waals surface area (Å²) in [6.45, 7) is 0. The molecule has 144 valence electrons. The SMILES string of the molecule is NC(=O)c1ccc(Cl)c(NC(=O)c2cc(-c3ccco3)nn2-c2ccccc2)c1. The molecule has 0 saturated heterocycles. The second-order valence-corrected chi connectivity index (χ2v) is 6.56. The number of para-hydroxylation sites is 1. The van der Waals surface area contributed by atoms with Crippen molar-refractivity contribution in [3.05, 3.63) is 89.3 Å². The highest BCUT2D eigenvalue weighted by molar-refractivity contribution is 6.34. The number of carbonyl (C=O) groups is 2. The van der Waals surface area contributed by atoms with Gasteiger partial charge in [0.2, 0.25) is 5.91 Å². The van der Waals surface area contributed by atoms with Crippen LogP contribution >= 0.6 is 11.6 Å². The monoisotopic (exact) mass is 406 g/mol. The zero-order chi connectivity index (χ0) is 20.4.